The van der Waals surface area contributed by atoms with Gasteiger partial charge in [-0.25, -0.2) is 13.6 Å². The molecule has 1 aromatic carbocycles. The summed E-state index contributed by atoms with van der Waals surface area (Å²) in [7, 11) is 0. The predicted molar refractivity (Wildman–Crippen MR) is 142 cm³/mol. The second-order valence-corrected chi connectivity index (χ2v) is 11.0. The van der Waals surface area contributed by atoms with Crippen LogP contribution in [0.3, 0.4) is 0 Å². The molecule has 4 rings (SSSR count). The highest BCUT2D eigenvalue weighted by Crippen LogP contribution is 2.61. The van der Waals surface area contributed by atoms with E-state index < -0.39 is 47.0 Å². The van der Waals surface area contributed by atoms with Crippen molar-refractivity contribution in [3.63, 3.8) is 0 Å². The first kappa shape index (κ1) is 29.4. The number of nitrogens with zero attached hydrogens (tertiary/aromatic N) is 1. The number of aromatic nitrogens is 1. The lowest BCUT2D eigenvalue weighted by molar-refractivity contribution is -0.205. The van der Waals surface area contributed by atoms with Crippen LogP contribution in [-0.2, 0) is 27.3 Å². The number of aliphatic hydroxyl groups excluding tert-OH is 1. The van der Waals surface area contributed by atoms with Crippen LogP contribution in [0, 0.1) is 11.3 Å². The van der Waals surface area contributed by atoms with Crippen LogP contribution < -0.4 is 16.4 Å². The highest BCUT2D eigenvalue weighted by atomic mass is 19.3. The van der Waals surface area contributed by atoms with Crippen LogP contribution in [0.15, 0.2) is 54.7 Å². The molecule has 0 saturated heterocycles. The van der Waals surface area contributed by atoms with E-state index in [2.05, 4.69) is 15.6 Å². The molecule has 11 heteroatoms. The molecule has 0 spiro atoms. The van der Waals surface area contributed by atoms with Crippen molar-refractivity contribution in [1.82, 2.24) is 15.6 Å². The number of aliphatic hydroxyl groups is 1. The van der Waals surface area contributed by atoms with Gasteiger partial charge in [0.15, 0.2) is 11.7 Å². The molecule has 216 valence electrons. The second-order valence-electron chi connectivity index (χ2n) is 11.0. The molecule has 2 aliphatic rings. The maximum atomic E-state index is 13.9. The molecule has 2 unspecified atom stereocenters. The number of nitrogens with one attached hydrogen (secondary N) is 2. The number of rotatable bonds is 10. The van der Waals surface area contributed by atoms with Crippen LogP contribution in [0.5, 0.6) is 0 Å². The molecule has 4 atom stereocenters. The average Bonchev–Trinajstić information content (AvgIpc) is 2.93. The number of alkyl halides is 2. The van der Waals surface area contributed by atoms with Crippen LogP contribution in [0.25, 0.3) is 0 Å². The Morgan fingerprint density at radius 3 is 2.33 bits per heavy atom. The quantitative estimate of drug-likeness (QED) is 0.353. The largest absolute Gasteiger partial charge is 0.432 e. The number of pyridine rings is 1. The van der Waals surface area contributed by atoms with E-state index in [0.29, 0.717) is 12.1 Å². The number of hydrogen-bond donors (Lipinski definition) is 4. The van der Waals surface area contributed by atoms with E-state index in [1.165, 1.54) is 0 Å². The molecule has 1 aromatic heterocycles. The molecule has 0 aliphatic heterocycles. The van der Waals surface area contributed by atoms with Gasteiger partial charge in [-0.15, -0.1) is 0 Å². The molecule has 3 amide bonds. The van der Waals surface area contributed by atoms with Crippen molar-refractivity contribution in [3.8, 4) is 0 Å². The standard InChI is InChI=1S/C29H36F2N4O5/c1-27(20-10-12-28(30,31)13-11-20)14-15-29(27,40-26(32)39)25(38)35-22(17-19-7-3-2-4-8-19)23(36)24(37)34-18-21-9-5-6-16-33-21/h2-9,16,20,22-23,36H,10-15,17-18H2,1H3,(H2,32,39)(H,34,37)(H,35,38)/t22-,23+,27?,29?/m1/s1. The molecule has 5 N–H and O–H groups in total. The smallest absolute Gasteiger partial charge is 0.405 e. The van der Waals surface area contributed by atoms with Gasteiger partial charge in [0.1, 0.15) is 0 Å². The van der Waals surface area contributed by atoms with Gasteiger partial charge in [0.2, 0.25) is 5.92 Å². The minimum atomic E-state index is -2.76. The summed E-state index contributed by atoms with van der Waals surface area (Å²) in [6.45, 7) is 1.83. The van der Waals surface area contributed by atoms with Crippen molar-refractivity contribution in [1.29, 1.82) is 0 Å². The topological polar surface area (TPSA) is 144 Å². The Hall–Kier alpha value is -3.60. The van der Waals surface area contributed by atoms with E-state index in [1.807, 2.05) is 6.07 Å². The molecule has 0 radical (unpaired) electrons. The van der Waals surface area contributed by atoms with E-state index >= 15 is 0 Å². The third-order valence-electron chi connectivity index (χ3n) is 8.61. The highest BCUT2D eigenvalue weighted by molar-refractivity contribution is 5.91. The normalized spacial score (nSPS) is 25.6. The van der Waals surface area contributed by atoms with Crippen molar-refractivity contribution < 1.29 is 33.0 Å². The molecular weight excluding hydrogens is 522 g/mol. The van der Waals surface area contributed by atoms with Crippen molar-refractivity contribution in [2.24, 2.45) is 17.1 Å². The van der Waals surface area contributed by atoms with Crippen molar-refractivity contribution in [2.75, 3.05) is 0 Å². The van der Waals surface area contributed by atoms with E-state index in [1.54, 1.807) is 55.6 Å². The van der Waals surface area contributed by atoms with Gasteiger partial charge in [0, 0.05) is 24.5 Å². The Balaban J connectivity index is 1.56. The lowest BCUT2D eigenvalue weighted by atomic mass is 9.49. The fourth-order valence-corrected chi connectivity index (χ4v) is 6.08. The number of primary amides is 1. The molecule has 2 saturated carbocycles. The Morgan fingerprint density at radius 2 is 1.75 bits per heavy atom. The van der Waals surface area contributed by atoms with Gasteiger partial charge in [-0.3, -0.25) is 14.6 Å². The fourth-order valence-electron chi connectivity index (χ4n) is 6.08. The summed E-state index contributed by atoms with van der Waals surface area (Å²) in [5, 5.41) is 16.5. The predicted octanol–water partition coefficient (Wildman–Crippen LogP) is 3.25. The van der Waals surface area contributed by atoms with E-state index in [9.17, 15) is 28.3 Å². The Bertz CT molecular complexity index is 1190. The molecule has 2 aliphatic carbocycles. The maximum absolute atomic E-state index is 13.9. The van der Waals surface area contributed by atoms with Crippen molar-refractivity contribution in [2.45, 2.75) is 82.1 Å². The van der Waals surface area contributed by atoms with Crippen LogP contribution in [0.2, 0.25) is 0 Å². The zero-order valence-electron chi connectivity index (χ0n) is 22.4. The Labute approximate surface area is 231 Å². The van der Waals surface area contributed by atoms with Gasteiger partial charge in [0.25, 0.3) is 11.8 Å². The minimum absolute atomic E-state index is 0.0713. The lowest BCUT2D eigenvalue weighted by Gasteiger charge is -2.59. The third-order valence-corrected chi connectivity index (χ3v) is 8.61. The van der Waals surface area contributed by atoms with E-state index in [0.717, 1.165) is 5.56 Å². The van der Waals surface area contributed by atoms with E-state index in [-0.39, 0.29) is 51.0 Å². The Morgan fingerprint density at radius 1 is 1.07 bits per heavy atom. The second kappa shape index (κ2) is 11.9. The summed E-state index contributed by atoms with van der Waals surface area (Å²) in [5.74, 6) is -4.50. The van der Waals surface area contributed by atoms with Gasteiger partial charge in [0.05, 0.1) is 18.3 Å². The number of nitrogens with two attached hydrogens (primary N) is 1. The molecular formula is C29H36F2N4O5. The minimum Gasteiger partial charge on any atom is -0.432 e. The molecule has 2 fully saturated rings. The van der Waals surface area contributed by atoms with Crippen molar-refractivity contribution >= 4 is 17.9 Å². The summed E-state index contributed by atoms with van der Waals surface area (Å²) in [4.78, 5) is 43.0. The molecule has 40 heavy (non-hydrogen) atoms. The SMILES string of the molecule is CC1(C2CCC(F)(F)CC2)CCC1(OC(N)=O)C(=O)N[C@H](Cc1ccccc1)[C@H](O)C(=O)NCc1ccccn1. The lowest BCUT2D eigenvalue weighted by Crippen LogP contribution is -2.71. The summed E-state index contributed by atoms with van der Waals surface area (Å²) in [6.07, 6.45) is -0.791. The molecule has 2 aromatic rings. The zero-order valence-corrected chi connectivity index (χ0v) is 22.4. The van der Waals surface area contributed by atoms with Crippen LogP contribution in [0.4, 0.5) is 13.6 Å². The third kappa shape index (κ3) is 6.24. The maximum Gasteiger partial charge on any atom is 0.405 e. The molecule has 1 heterocycles. The number of benzene rings is 1. The highest BCUT2D eigenvalue weighted by Gasteiger charge is 2.67. The zero-order chi connectivity index (χ0) is 29.0. The van der Waals surface area contributed by atoms with Gasteiger partial charge in [-0.05, 0) is 55.7 Å². The first-order chi connectivity index (χ1) is 19.0. The summed E-state index contributed by atoms with van der Waals surface area (Å²) >= 11 is 0. The summed E-state index contributed by atoms with van der Waals surface area (Å²) < 4.78 is 33.3. The van der Waals surface area contributed by atoms with Crippen molar-refractivity contribution in [3.05, 3.63) is 66.0 Å². The van der Waals surface area contributed by atoms with Crippen LogP contribution in [0.1, 0.15) is 56.7 Å². The van der Waals surface area contributed by atoms with Crippen LogP contribution >= 0.6 is 0 Å². The number of hydrogen-bond acceptors (Lipinski definition) is 6. The van der Waals surface area contributed by atoms with Gasteiger partial charge in [-0.1, -0.05) is 43.3 Å². The monoisotopic (exact) mass is 558 g/mol. The first-order valence-electron chi connectivity index (χ1n) is 13.5. The van der Waals surface area contributed by atoms with Crippen LogP contribution in [-0.4, -0.2) is 51.7 Å². The van der Waals surface area contributed by atoms with Gasteiger partial charge < -0.3 is 26.2 Å². The average molecular weight is 559 g/mol. The summed E-state index contributed by atoms with van der Waals surface area (Å²) in [5.41, 5.74) is 4.08. The van der Waals surface area contributed by atoms with E-state index in [4.69, 9.17) is 10.5 Å². The number of ether oxygens (including phenoxy) is 1. The Kier molecular flexibility index (Phi) is 8.72. The summed E-state index contributed by atoms with van der Waals surface area (Å²) in [6, 6.07) is 13.1. The van der Waals surface area contributed by atoms with Gasteiger partial charge >= 0.3 is 6.09 Å². The number of amides is 3. The first-order valence-corrected chi connectivity index (χ1v) is 13.5. The number of halogens is 2. The fraction of sp³-hybridized carbons (Fsp3) is 0.517. The molecule has 9 nitrogen and oxygen atoms in total. The number of carbonyl (C=O) groups is 3. The molecule has 0 bridgehead atoms. The van der Waals surface area contributed by atoms with Gasteiger partial charge in [-0.2, -0.15) is 0 Å². The number of carbonyl (C=O) groups excluding carboxylic acids is 3.